The molecular weight excluding hydrogens is 400 g/mol. The highest BCUT2D eigenvalue weighted by Crippen LogP contribution is 2.16. The molecule has 3 rings (SSSR count). The number of carbonyl (C=O) groups is 2. The highest BCUT2D eigenvalue weighted by Gasteiger charge is 2.13. The second-order valence-corrected chi connectivity index (χ2v) is 7.94. The largest absolute Gasteiger partial charge is 0.491 e. The zero-order valence-electron chi connectivity index (χ0n) is 17.1. The van der Waals surface area contributed by atoms with E-state index in [0.29, 0.717) is 22.8 Å². The van der Waals surface area contributed by atoms with Crippen molar-refractivity contribution in [1.29, 1.82) is 0 Å². The summed E-state index contributed by atoms with van der Waals surface area (Å²) in [4.78, 5) is 24.6. The van der Waals surface area contributed by atoms with Gasteiger partial charge in [0, 0.05) is 17.8 Å². The van der Waals surface area contributed by atoms with Crippen LogP contribution in [0.4, 0.5) is 5.69 Å². The molecule has 0 saturated heterocycles. The van der Waals surface area contributed by atoms with Crippen LogP contribution in [0.15, 0.2) is 48.5 Å². The number of aromatic nitrogens is 2. The van der Waals surface area contributed by atoms with Crippen LogP contribution in [0.1, 0.15) is 51.5 Å². The van der Waals surface area contributed by atoms with Gasteiger partial charge in [-0.15, -0.1) is 10.2 Å². The standard InChI is InChI=1S/C22H24N4O3S/c1-4-19-25-26-22(30-19)21(28)24-17-9-7-16(8-10-17)20(27)23-13-15-5-11-18(12-6-15)29-14(2)3/h5-12,14H,4,13H2,1-3H3,(H,23,27)(H,24,28). The number of rotatable bonds is 8. The average molecular weight is 425 g/mol. The van der Waals surface area contributed by atoms with E-state index in [-0.39, 0.29) is 17.9 Å². The van der Waals surface area contributed by atoms with Gasteiger partial charge in [-0.1, -0.05) is 30.4 Å². The molecular formula is C22H24N4O3S. The van der Waals surface area contributed by atoms with Crippen LogP contribution in [0, 0.1) is 0 Å². The summed E-state index contributed by atoms with van der Waals surface area (Å²) in [6, 6.07) is 14.3. The first kappa shape index (κ1) is 21.4. The van der Waals surface area contributed by atoms with Crippen LogP contribution in [0.25, 0.3) is 0 Å². The van der Waals surface area contributed by atoms with Crippen molar-refractivity contribution in [2.24, 2.45) is 0 Å². The lowest BCUT2D eigenvalue weighted by Gasteiger charge is -2.10. The molecule has 7 nitrogen and oxygen atoms in total. The van der Waals surface area contributed by atoms with Gasteiger partial charge in [-0.3, -0.25) is 9.59 Å². The highest BCUT2D eigenvalue weighted by molar-refractivity contribution is 7.13. The van der Waals surface area contributed by atoms with E-state index in [0.717, 1.165) is 22.7 Å². The van der Waals surface area contributed by atoms with Crippen molar-refractivity contribution in [2.45, 2.75) is 39.8 Å². The topological polar surface area (TPSA) is 93.2 Å². The Morgan fingerprint density at radius 1 is 1.00 bits per heavy atom. The summed E-state index contributed by atoms with van der Waals surface area (Å²) in [7, 11) is 0. The molecule has 30 heavy (non-hydrogen) atoms. The predicted molar refractivity (Wildman–Crippen MR) is 117 cm³/mol. The summed E-state index contributed by atoms with van der Waals surface area (Å²) in [5.74, 6) is 0.304. The molecule has 0 aliphatic heterocycles. The van der Waals surface area contributed by atoms with Crippen molar-refractivity contribution < 1.29 is 14.3 Å². The van der Waals surface area contributed by atoms with E-state index in [4.69, 9.17) is 4.74 Å². The first-order chi connectivity index (χ1) is 14.4. The third-order valence-electron chi connectivity index (χ3n) is 4.12. The Balaban J connectivity index is 1.52. The lowest BCUT2D eigenvalue weighted by Crippen LogP contribution is -2.22. The van der Waals surface area contributed by atoms with Crippen molar-refractivity contribution in [3.63, 3.8) is 0 Å². The molecule has 3 aromatic rings. The van der Waals surface area contributed by atoms with Gasteiger partial charge in [-0.2, -0.15) is 0 Å². The third kappa shape index (κ3) is 5.87. The van der Waals surface area contributed by atoms with Gasteiger partial charge in [-0.25, -0.2) is 0 Å². The van der Waals surface area contributed by atoms with E-state index in [1.807, 2.05) is 45.0 Å². The highest BCUT2D eigenvalue weighted by atomic mass is 32.1. The number of nitrogens with zero attached hydrogens (tertiary/aromatic N) is 2. The molecule has 2 N–H and O–H groups in total. The normalized spacial score (nSPS) is 10.7. The van der Waals surface area contributed by atoms with Gasteiger partial charge >= 0.3 is 0 Å². The maximum Gasteiger partial charge on any atom is 0.286 e. The van der Waals surface area contributed by atoms with Crippen LogP contribution in [-0.2, 0) is 13.0 Å². The SMILES string of the molecule is CCc1nnc(C(=O)Nc2ccc(C(=O)NCc3ccc(OC(C)C)cc3)cc2)s1. The van der Waals surface area contributed by atoms with E-state index in [9.17, 15) is 9.59 Å². The van der Waals surface area contributed by atoms with Crippen LogP contribution in [0.5, 0.6) is 5.75 Å². The average Bonchev–Trinajstić information content (AvgIpc) is 3.23. The molecule has 0 saturated carbocycles. The summed E-state index contributed by atoms with van der Waals surface area (Å²) in [6.07, 6.45) is 0.861. The van der Waals surface area contributed by atoms with Crippen LogP contribution in [0.3, 0.4) is 0 Å². The van der Waals surface area contributed by atoms with Crippen molar-refractivity contribution in [2.75, 3.05) is 5.32 Å². The van der Waals surface area contributed by atoms with Gasteiger partial charge < -0.3 is 15.4 Å². The Hall–Kier alpha value is -3.26. The maximum absolute atomic E-state index is 12.4. The summed E-state index contributed by atoms with van der Waals surface area (Å²) in [5.41, 5.74) is 2.08. The third-order valence-corrected chi connectivity index (χ3v) is 5.18. The van der Waals surface area contributed by atoms with Gasteiger partial charge in [-0.05, 0) is 62.2 Å². The van der Waals surface area contributed by atoms with Gasteiger partial charge in [0.05, 0.1) is 6.10 Å². The van der Waals surface area contributed by atoms with Crippen LogP contribution < -0.4 is 15.4 Å². The molecule has 0 radical (unpaired) electrons. The minimum Gasteiger partial charge on any atom is -0.491 e. The van der Waals surface area contributed by atoms with Crippen molar-refractivity contribution >= 4 is 28.8 Å². The van der Waals surface area contributed by atoms with Gasteiger partial charge in [0.1, 0.15) is 10.8 Å². The molecule has 0 bridgehead atoms. The molecule has 2 amide bonds. The van der Waals surface area contributed by atoms with Crippen molar-refractivity contribution in [3.05, 3.63) is 69.7 Å². The molecule has 0 atom stereocenters. The Morgan fingerprint density at radius 3 is 2.30 bits per heavy atom. The lowest BCUT2D eigenvalue weighted by atomic mass is 10.1. The first-order valence-electron chi connectivity index (χ1n) is 9.72. The molecule has 1 aromatic heterocycles. The second-order valence-electron chi connectivity index (χ2n) is 6.88. The minimum atomic E-state index is -0.311. The number of benzene rings is 2. The molecule has 0 aliphatic rings. The number of carbonyl (C=O) groups excluding carboxylic acids is 2. The Bertz CT molecular complexity index is 998. The van der Waals surface area contributed by atoms with Crippen LogP contribution in [0.2, 0.25) is 0 Å². The molecule has 156 valence electrons. The zero-order chi connectivity index (χ0) is 21.5. The minimum absolute atomic E-state index is 0.121. The second kappa shape index (κ2) is 9.98. The quantitative estimate of drug-likeness (QED) is 0.569. The fourth-order valence-electron chi connectivity index (χ4n) is 2.62. The Morgan fingerprint density at radius 2 is 1.70 bits per heavy atom. The number of amides is 2. The van der Waals surface area contributed by atoms with E-state index >= 15 is 0 Å². The molecule has 2 aromatic carbocycles. The van der Waals surface area contributed by atoms with E-state index < -0.39 is 0 Å². The first-order valence-corrected chi connectivity index (χ1v) is 10.5. The smallest absolute Gasteiger partial charge is 0.286 e. The molecule has 1 heterocycles. The Kier molecular flexibility index (Phi) is 7.13. The number of hydrogen-bond donors (Lipinski definition) is 2. The van der Waals surface area contributed by atoms with Crippen molar-refractivity contribution in [3.8, 4) is 5.75 Å². The van der Waals surface area contributed by atoms with Gasteiger partial charge in [0.25, 0.3) is 11.8 Å². The Labute approximate surface area is 179 Å². The number of ether oxygens (including phenoxy) is 1. The van der Waals surface area contributed by atoms with E-state index in [2.05, 4.69) is 20.8 Å². The predicted octanol–water partition coefficient (Wildman–Crippen LogP) is 4.07. The number of anilines is 1. The molecule has 8 heteroatoms. The summed E-state index contributed by atoms with van der Waals surface area (Å²) in [6.45, 7) is 6.32. The van der Waals surface area contributed by atoms with Crippen molar-refractivity contribution in [1.82, 2.24) is 15.5 Å². The number of hydrogen-bond acceptors (Lipinski definition) is 6. The fourth-order valence-corrected chi connectivity index (χ4v) is 3.29. The monoisotopic (exact) mass is 424 g/mol. The summed E-state index contributed by atoms with van der Waals surface area (Å²) in [5, 5.41) is 14.6. The van der Waals surface area contributed by atoms with E-state index in [1.165, 1.54) is 11.3 Å². The van der Waals surface area contributed by atoms with Crippen LogP contribution in [-0.4, -0.2) is 28.1 Å². The molecule has 0 fully saturated rings. The lowest BCUT2D eigenvalue weighted by molar-refractivity contribution is 0.0950. The maximum atomic E-state index is 12.4. The van der Waals surface area contributed by atoms with Crippen LogP contribution >= 0.6 is 11.3 Å². The molecule has 0 unspecified atom stereocenters. The fraction of sp³-hybridized carbons (Fsp3) is 0.273. The van der Waals surface area contributed by atoms with Gasteiger partial charge in [0.15, 0.2) is 0 Å². The summed E-state index contributed by atoms with van der Waals surface area (Å²) < 4.78 is 5.61. The zero-order valence-corrected chi connectivity index (χ0v) is 18.0. The number of nitrogens with one attached hydrogen (secondary N) is 2. The molecule has 0 aliphatic carbocycles. The van der Waals surface area contributed by atoms with Gasteiger partial charge in [0.2, 0.25) is 5.01 Å². The molecule has 0 spiro atoms. The number of aryl methyl sites for hydroxylation is 1. The van der Waals surface area contributed by atoms with E-state index in [1.54, 1.807) is 24.3 Å². The summed E-state index contributed by atoms with van der Waals surface area (Å²) >= 11 is 1.27.